The zero-order valence-corrected chi connectivity index (χ0v) is 16.3. The second-order valence-corrected chi connectivity index (χ2v) is 7.00. The minimum absolute atomic E-state index is 0.0754. The molecule has 0 bridgehead atoms. The molecule has 3 rings (SSSR count). The second-order valence-electron chi connectivity index (χ2n) is 6.14. The molecule has 1 N–H and O–H groups in total. The minimum atomic E-state index is -0.767. The fourth-order valence-electron chi connectivity index (χ4n) is 2.31. The number of benzene rings is 2. The van der Waals surface area contributed by atoms with Crippen molar-refractivity contribution in [2.75, 3.05) is 5.32 Å². The topological polar surface area (TPSA) is 84.2 Å². The molecule has 1 heterocycles. The molecule has 0 radical (unpaired) electrons. The van der Waals surface area contributed by atoms with Crippen molar-refractivity contribution in [1.82, 2.24) is 4.98 Å². The molecule has 0 amide bonds. The molecule has 0 aliphatic heterocycles. The van der Waals surface area contributed by atoms with Gasteiger partial charge >= 0.3 is 5.97 Å². The van der Waals surface area contributed by atoms with Crippen LogP contribution in [0.15, 0.2) is 53.9 Å². The fraction of sp³-hybridized carbons (Fsp3) is 0.190. The van der Waals surface area contributed by atoms with Crippen LogP contribution in [0.3, 0.4) is 0 Å². The van der Waals surface area contributed by atoms with Crippen LogP contribution < -0.4 is 10.1 Å². The number of nitrogens with zero attached hydrogens (tertiary/aromatic N) is 2. The maximum Gasteiger partial charge on any atom is 0.347 e. The van der Waals surface area contributed by atoms with Crippen molar-refractivity contribution in [3.8, 4) is 11.8 Å². The normalized spacial score (nSPS) is 11.3. The number of carbonyl (C=O) groups is 1. The quantitative estimate of drug-likeness (QED) is 0.592. The number of carbonyl (C=O) groups excluding carboxylic acids is 1. The first-order valence-electron chi connectivity index (χ1n) is 8.65. The Morgan fingerprint density at radius 2 is 1.93 bits per heavy atom. The van der Waals surface area contributed by atoms with Gasteiger partial charge in [0.2, 0.25) is 0 Å². The average molecular weight is 393 g/mol. The molecular formula is C21H19N3O3S. The van der Waals surface area contributed by atoms with Crippen molar-refractivity contribution in [3.05, 3.63) is 70.7 Å². The van der Waals surface area contributed by atoms with Gasteiger partial charge in [-0.25, -0.2) is 9.78 Å². The second kappa shape index (κ2) is 9.02. The number of hydrogen-bond acceptors (Lipinski definition) is 7. The van der Waals surface area contributed by atoms with E-state index in [4.69, 9.17) is 14.7 Å². The summed E-state index contributed by atoms with van der Waals surface area (Å²) in [5.41, 5.74) is 3.34. The van der Waals surface area contributed by atoms with Gasteiger partial charge in [-0.1, -0.05) is 17.7 Å². The summed E-state index contributed by atoms with van der Waals surface area (Å²) in [6, 6.07) is 16.6. The first kappa shape index (κ1) is 19.4. The van der Waals surface area contributed by atoms with Gasteiger partial charge in [-0.3, -0.25) is 0 Å². The molecule has 0 saturated heterocycles. The summed E-state index contributed by atoms with van der Waals surface area (Å²) in [4.78, 5) is 16.6. The number of esters is 1. The van der Waals surface area contributed by atoms with E-state index in [1.165, 1.54) is 16.9 Å². The van der Waals surface area contributed by atoms with E-state index < -0.39 is 12.1 Å². The highest BCUT2D eigenvalue weighted by Crippen LogP contribution is 2.22. The van der Waals surface area contributed by atoms with E-state index in [-0.39, 0.29) is 6.61 Å². The third-order valence-electron chi connectivity index (χ3n) is 3.85. The number of nitrogens with one attached hydrogen (secondary N) is 1. The molecule has 142 valence electrons. The molecule has 6 nitrogen and oxygen atoms in total. The van der Waals surface area contributed by atoms with Crippen LogP contribution in [0, 0.1) is 18.3 Å². The van der Waals surface area contributed by atoms with E-state index in [0.29, 0.717) is 17.0 Å². The van der Waals surface area contributed by atoms with E-state index in [2.05, 4.69) is 10.3 Å². The number of ether oxygens (including phenoxy) is 2. The van der Waals surface area contributed by atoms with Crippen molar-refractivity contribution in [3.63, 3.8) is 0 Å². The van der Waals surface area contributed by atoms with E-state index >= 15 is 0 Å². The van der Waals surface area contributed by atoms with Gasteiger partial charge in [-0.05, 0) is 50.2 Å². The molecule has 0 aliphatic rings. The van der Waals surface area contributed by atoms with Crippen molar-refractivity contribution >= 4 is 28.1 Å². The van der Waals surface area contributed by atoms with E-state index in [1.807, 2.05) is 42.6 Å². The van der Waals surface area contributed by atoms with Crippen LogP contribution in [0.4, 0.5) is 10.8 Å². The van der Waals surface area contributed by atoms with Crippen molar-refractivity contribution in [2.24, 2.45) is 0 Å². The lowest BCUT2D eigenvalue weighted by atomic mass is 10.2. The van der Waals surface area contributed by atoms with Crippen LogP contribution in [0.25, 0.3) is 0 Å². The summed E-state index contributed by atoms with van der Waals surface area (Å²) in [5.74, 6) is 0.0205. The highest BCUT2D eigenvalue weighted by atomic mass is 32.1. The van der Waals surface area contributed by atoms with Gasteiger partial charge in [0.15, 0.2) is 11.2 Å². The monoisotopic (exact) mass is 393 g/mol. The third-order valence-corrected chi connectivity index (χ3v) is 4.65. The largest absolute Gasteiger partial charge is 0.479 e. The number of rotatable bonds is 7. The molecule has 28 heavy (non-hydrogen) atoms. The van der Waals surface area contributed by atoms with Crippen molar-refractivity contribution in [1.29, 1.82) is 5.26 Å². The van der Waals surface area contributed by atoms with E-state index in [0.717, 1.165) is 10.8 Å². The van der Waals surface area contributed by atoms with Gasteiger partial charge in [0.1, 0.15) is 12.4 Å². The standard InChI is InChI=1S/C21H19N3O3S/c1-14-3-7-17(8-4-14)23-21-24-18(13-28-21)12-26-20(25)15(2)27-19-9-5-16(11-22)6-10-19/h3-10,13,15H,12H2,1-2H3,(H,23,24)/t15-/m0/s1. The lowest BCUT2D eigenvalue weighted by Crippen LogP contribution is -2.26. The smallest absolute Gasteiger partial charge is 0.347 e. The number of nitriles is 1. The lowest BCUT2D eigenvalue weighted by Gasteiger charge is -2.13. The van der Waals surface area contributed by atoms with Gasteiger partial charge < -0.3 is 14.8 Å². The Morgan fingerprint density at radius 3 is 2.61 bits per heavy atom. The maximum atomic E-state index is 12.1. The average Bonchev–Trinajstić information content (AvgIpc) is 3.15. The van der Waals surface area contributed by atoms with Crippen LogP contribution in [0.5, 0.6) is 5.75 Å². The maximum absolute atomic E-state index is 12.1. The predicted octanol–water partition coefficient (Wildman–Crippen LogP) is 4.58. The Labute approximate surface area is 167 Å². The molecule has 0 fully saturated rings. The fourth-order valence-corrected chi connectivity index (χ4v) is 3.03. The molecule has 2 aromatic carbocycles. The molecule has 0 unspecified atom stereocenters. The molecule has 1 aromatic heterocycles. The van der Waals surface area contributed by atoms with Crippen LogP contribution >= 0.6 is 11.3 Å². The van der Waals surface area contributed by atoms with E-state index in [9.17, 15) is 4.79 Å². The minimum Gasteiger partial charge on any atom is -0.479 e. The molecule has 0 saturated carbocycles. The highest BCUT2D eigenvalue weighted by molar-refractivity contribution is 7.13. The van der Waals surface area contributed by atoms with Crippen LogP contribution in [-0.4, -0.2) is 17.1 Å². The van der Waals surface area contributed by atoms with E-state index in [1.54, 1.807) is 31.2 Å². The Bertz CT molecular complexity index is 975. The van der Waals surface area contributed by atoms with Gasteiger partial charge in [0.05, 0.1) is 17.3 Å². The molecular weight excluding hydrogens is 374 g/mol. The van der Waals surface area contributed by atoms with Crippen molar-refractivity contribution in [2.45, 2.75) is 26.6 Å². The van der Waals surface area contributed by atoms with Crippen molar-refractivity contribution < 1.29 is 14.3 Å². The summed E-state index contributed by atoms with van der Waals surface area (Å²) in [5, 5.41) is 14.6. The van der Waals surface area contributed by atoms with Gasteiger partial charge in [0.25, 0.3) is 0 Å². The Kier molecular flexibility index (Phi) is 6.25. The Morgan fingerprint density at radius 1 is 1.21 bits per heavy atom. The molecule has 0 aliphatic carbocycles. The number of hydrogen-bond donors (Lipinski definition) is 1. The summed E-state index contributed by atoms with van der Waals surface area (Å²) < 4.78 is 10.8. The zero-order valence-electron chi connectivity index (χ0n) is 15.5. The molecule has 7 heteroatoms. The first-order valence-corrected chi connectivity index (χ1v) is 9.53. The van der Waals surface area contributed by atoms with Crippen LogP contribution in [0.1, 0.15) is 23.7 Å². The third kappa shape index (κ3) is 5.32. The van der Waals surface area contributed by atoms with Crippen LogP contribution in [-0.2, 0) is 16.1 Å². The summed E-state index contributed by atoms with van der Waals surface area (Å²) >= 11 is 1.44. The summed E-state index contributed by atoms with van der Waals surface area (Å²) in [6.45, 7) is 3.73. The first-order chi connectivity index (χ1) is 13.5. The SMILES string of the molecule is Cc1ccc(Nc2nc(COC(=O)[C@H](C)Oc3ccc(C#N)cc3)cs2)cc1. The Balaban J connectivity index is 1.49. The van der Waals surface area contributed by atoms with Gasteiger partial charge in [-0.2, -0.15) is 5.26 Å². The van der Waals surface area contributed by atoms with Crippen LogP contribution in [0.2, 0.25) is 0 Å². The number of thiazole rings is 1. The molecule has 3 aromatic rings. The number of aromatic nitrogens is 1. The zero-order chi connectivity index (χ0) is 19.9. The Hall–Kier alpha value is -3.37. The molecule has 1 atom stereocenters. The van der Waals surface area contributed by atoms with Gasteiger partial charge in [0, 0.05) is 11.1 Å². The van der Waals surface area contributed by atoms with Gasteiger partial charge in [-0.15, -0.1) is 11.3 Å². The summed E-state index contributed by atoms with van der Waals surface area (Å²) in [6.07, 6.45) is -0.767. The summed E-state index contributed by atoms with van der Waals surface area (Å²) in [7, 11) is 0. The predicted molar refractivity (Wildman–Crippen MR) is 108 cm³/mol. The highest BCUT2D eigenvalue weighted by Gasteiger charge is 2.17. The number of anilines is 2. The molecule has 0 spiro atoms. The number of aryl methyl sites for hydroxylation is 1. The lowest BCUT2D eigenvalue weighted by molar-refractivity contribution is -0.152.